The average molecular weight is 310 g/mol. The van der Waals surface area contributed by atoms with Crippen LogP contribution in [0, 0.1) is 0 Å². The number of hydrogen-bond acceptors (Lipinski definition) is 2. The van der Waals surface area contributed by atoms with Crippen molar-refractivity contribution < 1.29 is 9.59 Å². The van der Waals surface area contributed by atoms with Crippen molar-refractivity contribution in [2.45, 2.75) is 19.9 Å². The monoisotopic (exact) mass is 310 g/mol. The molecule has 0 bridgehead atoms. The topological polar surface area (TPSA) is 49.4 Å². The Morgan fingerprint density at radius 3 is 1.70 bits per heavy atom. The molecule has 0 aliphatic carbocycles. The Morgan fingerprint density at radius 1 is 0.870 bits per heavy atom. The number of carbonyl (C=O) groups is 2. The largest absolute Gasteiger partial charge is 0.337 e. The first-order chi connectivity index (χ1) is 11.2. The quantitative estimate of drug-likeness (QED) is 0.863. The molecule has 2 aromatic rings. The van der Waals surface area contributed by atoms with Crippen molar-refractivity contribution in [3.05, 3.63) is 71.8 Å². The van der Waals surface area contributed by atoms with Crippen LogP contribution in [0.4, 0.5) is 0 Å². The van der Waals surface area contributed by atoms with Gasteiger partial charge in [-0.2, -0.15) is 0 Å². The van der Waals surface area contributed by atoms with Crippen molar-refractivity contribution in [3.63, 3.8) is 0 Å². The minimum absolute atomic E-state index is 0.343. The first-order valence-corrected chi connectivity index (χ1v) is 7.87. The summed E-state index contributed by atoms with van der Waals surface area (Å²) < 4.78 is 0. The van der Waals surface area contributed by atoms with Gasteiger partial charge in [-0.1, -0.05) is 60.7 Å². The van der Waals surface area contributed by atoms with Crippen LogP contribution in [0.15, 0.2) is 60.7 Å². The van der Waals surface area contributed by atoms with Crippen LogP contribution in [-0.2, 0) is 9.59 Å². The summed E-state index contributed by atoms with van der Waals surface area (Å²) in [5, 5.41) is 2.87. The summed E-state index contributed by atoms with van der Waals surface area (Å²) in [6, 6.07) is 19.0. The van der Waals surface area contributed by atoms with Crippen molar-refractivity contribution >= 4 is 11.8 Å². The third-order valence-electron chi connectivity index (χ3n) is 3.79. The second kappa shape index (κ2) is 8.13. The van der Waals surface area contributed by atoms with Gasteiger partial charge < -0.3 is 10.2 Å². The van der Waals surface area contributed by atoms with Crippen LogP contribution in [0.2, 0.25) is 0 Å². The van der Waals surface area contributed by atoms with Gasteiger partial charge in [0.25, 0.3) is 0 Å². The predicted octanol–water partition coefficient (Wildman–Crippen LogP) is 2.76. The van der Waals surface area contributed by atoms with Crippen LogP contribution in [0.3, 0.4) is 0 Å². The molecule has 0 atom stereocenters. The molecule has 0 unspecified atom stereocenters. The molecule has 2 rings (SSSR count). The summed E-state index contributed by atoms with van der Waals surface area (Å²) >= 11 is 0. The summed E-state index contributed by atoms with van der Waals surface area (Å²) in [5.74, 6) is -1.07. The van der Waals surface area contributed by atoms with E-state index in [-0.39, 0.29) is 6.04 Å². The molecular weight excluding hydrogens is 288 g/mol. The molecular formula is C19H22N2O2. The molecule has 120 valence electrons. The van der Waals surface area contributed by atoms with E-state index in [1.165, 1.54) is 4.90 Å². The molecule has 0 aliphatic rings. The van der Waals surface area contributed by atoms with Crippen LogP contribution in [0.5, 0.6) is 0 Å². The van der Waals surface area contributed by atoms with Gasteiger partial charge >= 0.3 is 11.8 Å². The fraction of sp³-hybridized carbons (Fsp3) is 0.263. The number of amides is 2. The third-order valence-corrected chi connectivity index (χ3v) is 3.79. The van der Waals surface area contributed by atoms with Gasteiger partial charge in [0.05, 0.1) is 6.04 Å². The minimum Gasteiger partial charge on any atom is -0.337 e. The Kier molecular flexibility index (Phi) is 5.92. The summed E-state index contributed by atoms with van der Waals surface area (Å²) in [4.78, 5) is 26.1. The van der Waals surface area contributed by atoms with E-state index in [0.717, 1.165) is 11.1 Å². The first kappa shape index (κ1) is 16.7. The maximum atomic E-state index is 12.4. The molecule has 0 spiro atoms. The van der Waals surface area contributed by atoms with Gasteiger partial charge in [-0.3, -0.25) is 9.59 Å². The van der Waals surface area contributed by atoms with Gasteiger partial charge in [-0.25, -0.2) is 0 Å². The normalized spacial score (nSPS) is 10.4. The van der Waals surface area contributed by atoms with Crippen LogP contribution < -0.4 is 5.32 Å². The van der Waals surface area contributed by atoms with E-state index < -0.39 is 11.8 Å². The zero-order valence-corrected chi connectivity index (χ0v) is 13.5. The minimum atomic E-state index is -0.577. The van der Waals surface area contributed by atoms with Crippen molar-refractivity contribution in [3.8, 4) is 0 Å². The predicted molar refractivity (Wildman–Crippen MR) is 90.8 cm³/mol. The van der Waals surface area contributed by atoms with Gasteiger partial charge in [0.15, 0.2) is 0 Å². The number of likely N-dealkylation sites (N-methyl/N-ethyl adjacent to an activating group) is 1. The molecule has 1 N–H and O–H groups in total. The second-order valence-electron chi connectivity index (χ2n) is 5.21. The molecule has 0 fully saturated rings. The summed E-state index contributed by atoms with van der Waals surface area (Å²) in [6.45, 7) is 4.76. The Hall–Kier alpha value is -2.62. The highest BCUT2D eigenvalue weighted by atomic mass is 16.2. The van der Waals surface area contributed by atoms with Crippen LogP contribution >= 0.6 is 0 Å². The lowest BCUT2D eigenvalue weighted by atomic mass is 9.98. The molecule has 4 heteroatoms. The van der Waals surface area contributed by atoms with Crippen molar-refractivity contribution in [2.75, 3.05) is 13.1 Å². The fourth-order valence-corrected chi connectivity index (χ4v) is 2.50. The number of benzene rings is 2. The number of rotatable bonds is 5. The van der Waals surface area contributed by atoms with Crippen LogP contribution in [0.1, 0.15) is 31.0 Å². The van der Waals surface area contributed by atoms with Crippen LogP contribution in [-0.4, -0.2) is 29.8 Å². The van der Waals surface area contributed by atoms with Gasteiger partial charge in [0, 0.05) is 13.1 Å². The molecule has 2 amide bonds. The van der Waals surface area contributed by atoms with E-state index in [1.54, 1.807) is 0 Å². The Bertz CT molecular complexity index is 597. The Labute approximate surface area is 137 Å². The summed E-state index contributed by atoms with van der Waals surface area (Å²) in [6.07, 6.45) is 0. The molecule has 0 radical (unpaired) electrons. The standard InChI is InChI=1S/C19H22N2O2/c1-3-21(4-2)19(23)18(22)20-17(15-11-7-5-8-12-15)16-13-9-6-10-14-16/h5-14,17H,3-4H2,1-2H3,(H,20,22). The number of carbonyl (C=O) groups excluding carboxylic acids is 2. The Morgan fingerprint density at radius 2 is 1.30 bits per heavy atom. The van der Waals surface area contributed by atoms with Gasteiger partial charge in [0.2, 0.25) is 0 Å². The molecule has 0 saturated carbocycles. The maximum Gasteiger partial charge on any atom is 0.311 e. The molecule has 2 aromatic carbocycles. The highest BCUT2D eigenvalue weighted by Crippen LogP contribution is 2.21. The Balaban J connectivity index is 2.26. The van der Waals surface area contributed by atoms with E-state index in [4.69, 9.17) is 0 Å². The third kappa shape index (κ3) is 4.19. The van der Waals surface area contributed by atoms with Gasteiger partial charge in [-0.15, -0.1) is 0 Å². The lowest BCUT2D eigenvalue weighted by molar-refractivity contribution is -0.145. The van der Waals surface area contributed by atoms with Crippen molar-refractivity contribution in [1.29, 1.82) is 0 Å². The van der Waals surface area contributed by atoms with Gasteiger partial charge in [0.1, 0.15) is 0 Å². The number of nitrogens with zero attached hydrogens (tertiary/aromatic N) is 1. The summed E-state index contributed by atoms with van der Waals surface area (Å²) in [5.41, 5.74) is 1.89. The highest BCUT2D eigenvalue weighted by molar-refractivity contribution is 6.35. The molecule has 4 nitrogen and oxygen atoms in total. The number of hydrogen-bond donors (Lipinski definition) is 1. The van der Waals surface area contributed by atoms with Gasteiger partial charge in [-0.05, 0) is 25.0 Å². The molecule has 0 aromatic heterocycles. The molecule has 23 heavy (non-hydrogen) atoms. The number of nitrogens with one attached hydrogen (secondary N) is 1. The first-order valence-electron chi connectivity index (χ1n) is 7.87. The van der Waals surface area contributed by atoms with E-state index in [0.29, 0.717) is 13.1 Å². The fourth-order valence-electron chi connectivity index (χ4n) is 2.50. The van der Waals surface area contributed by atoms with E-state index >= 15 is 0 Å². The van der Waals surface area contributed by atoms with E-state index in [2.05, 4.69) is 5.32 Å². The smallest absolute Gasteiger partial charge is 0.311 e. The van der Waals surface area contributed by atoms with E-state index in [9.17, 15) is 9.59 Å². The maximum absolute atomic E-state index is 12.4. The molecule has 0 heterocycles. The van der Waals surface area contributed by atoms with Crippen molar-refractivity contribution in [2.24, 2.45) is 0 Å². The summed E-state index contributed by atoms with van der Waals surface area (Å²) in [7, 11) is 0. The zero-order valence-electron chi connectivity index (χ0n) is 13.5. The SMILES string of the molecule is CCN(CC)C(=O)C(=O)NC(c1ccccc1)c1ccccc1. The molecule has 0 saturated heterocycles. The van der Waals surface area contributed by atoms with Crippen LogP contribution in [0.25, 0.3) is 0 Å². The van der Waals surface area contributed by atoms with Crippen molar-refractivity contribution in [1.82, 2.24) is 10.2 Å². The second-order valence-corrected chi connectivity index (χ2v) is 5.21. The highest BCUT2D eigenvalue weighted by Gasteiger charge is 2.24. The van der Waals surface area contributed by atoms with E-state index in [1.807, 2.05) is 74.5 Å². The lowest BCUT2D eigenvalue weighted by Gasteiger charge is -2.22. The zero-order chi connectivity index (χ0) is 16.7. The molecule has 0 aliphatic heterocycles. The lowest BCUT2D eigenvalue weighted by Crippen LogP contribution is -2.44. The average Bonchev–Trinajstić information content (AvgIpc) is 2.62.